The van der Waals surface area contributed by atoms with E-state index in [1.807, 2.05) is 36.4 Å². The van der Waals surface area contributed by atoms with Gasteiger partial charge in [-0.1, -0.05) is 25.0 Å². The van der Waals surface area contributed by atoms with Crippen molar-refractivity contribution in [3.05, 3.63) is 52.6 Å². The number of carbonyl (C=O) groups excluding carboxylic acids is 1. The highest BCUT2D eigenvalue weighted by Crippen LogP contribution is 2.36. The van der Waals surface area contributed by atoms with Gasteiger partial charge in [-0.05, 0) is 63.4 Å². The second kappa shape index (κ2) is 8.27. The molecule has 3 heterocycles. The Hall–Kier alpha value is -2.21. The van der Waals surface area contributed by atoms with Crippen LogP contribution in [-0.2, 0) is 11.3 Å². The predicted molar refractivity (Wildman–Crippen MR) is 111 cm³/mol. The van der Waals surface area contributed by atoms with Crippen LogP contribution in [0.4, 0.5) is 4.39 Å². The van der Waals surface area contributed by atoms with Crippen LogP contribution in [0.3, 0.4) is 0 Å². The Labute approximate surface area is 172 Å². The average molecular weight is 399 g/mol. The first-order valence-corrected chi connectivity index (χ1v) is 10.7. The molecule has 0 radical (unpaired) electrons. The van der Waals surface area contributed by atoms with Crippen molar-refractivity contribution in [3.63, 3.8) is 0 Å². The molecular weight excluding hydrogens is 367 g/mol. The number of aryl methyl sites for hydroxylation is 1. The monoisotopic (exact) mass is 398 g/mol. The molecular formula is C23H31FN4O. The van der Waals surface area contributed by atoms with Gasteiger partial charge in [-0.25, -0.2) is 4.39 Å². The molecule has 1 amide bonds. The normalized spacial score (nSPS) is 24.8. The largest absolute Gasteiger partial charge is 0.336 e. The Bertz CT molecular complexity index is 893. The van der Waals surface area contributed by atoms with Gasteiger partial charge >= 0.3 is 0 Å². The topological polar surface area (TPSA) is 50.2 Å². The minimum Gasteiger partial charge on any atom is -0.336 e. The maximum atomic E-state index is 13.9. The van der Waals surface area contributed by atoms with Crippen molar-refractivity contribution in [3.8, 4) is 0 Å². The van der Waals surface area contributed by atoms with Crippen LogP contribution in [0.1, 0.15) is 54.1 Å². The third-order valence-corrected chi connectivity index (χ3v) is 6.82. The van der Waals surface area contributed by atoms with Gasteiger partial charge in [0.25, 0.3) is 0 Å². The van der Waals surface area contributed by atoms with E-state index >= 15 is 0 Å². The third-order valence-electron chi connectivity index (χ3n) is 6.82. The number of hydrogen-bond acceptors (Lipinski definition) is 3. The van der Waals surface area contributed by atoms with Gasteiger partial charge in [0.1, 0.15) is 12.4 Å². The van der Waals surface area contributed by atoms with Crippen LogP contribution in [0, 0.1) is 26.6 Å². The number of likely N-dealkylation sites (tertiary alicyclic amines) is 1. The Balaban J connectivity index is 1.61. The quantitative estimate of drug-likeness (QED) is 0.861. The van der Waals surface area contributed by atoms with E-state index < -0.39 is 0 Å². The van der Waals surface area contributed by atoms with Crippen molar-refractivity contribution < 1.29 is 9.18 Å². The summed E-state index contributed by atoms with van der Waals surface area (Å²) in [5.74, 6) is -0.000367. The molecule has 2 fully saturated rings. The number of aromatic nitrogens is 2. The van der Waals surface area contributed by atoms with Crippen molar-refractivity contribution in [2.24, 2.45) is 0 Å². The summed E-state index contributed by atoms with van der Waals surface area (Å²) in [4.78, 5) is 15.4. The van der Waals surface area contributed by atoms with Gasteiger partial charge in [-0.2, -0.15) is 5.10 Å². The molecule has 156 valence electrons. The number of carbonyl (C=O) groups is 1. The molecule has 2 aromatic rings. The van der Waals surface area contributed by atoms with E-state index in [9.17, 15) is 9.18 Å². The van der Waals surface area contributed by atoms with Crippen molar-refractivity contribution in [2.75, 3.05) is 13.1 Å². The predicted octanol–water partition coefficient (Wildman–Crippen LogP) is 3.47. The molecule has 0 spiro atoms. The van der Waals surface area contributed by atoms with E-state index in [2.05, 4.69) is 10.4 Å². The van der Waals surface area contributed by atoms with Crippen molar-refractivity contribution in [1.29, 1.82) is 0 Å². The molecule has 0 aliphatic carbocycles. The lowest BCUT2D eigenvalue weighted by Gasteiger charge is -2.31. The molecule has 1 aromatic carbocycles. The van der Waals surface area contributed by atoms with Crippen LogP contribution < -0.4 is 5.32 Å². The second-order valence-corrected chi connectivity index (χ2v) is 8.56. The third kappa shape index (κ3) is 3.95. The number of amides is 1. The van der Waals surface area contributed by atoms with Crippen LogP contribution in [0.15, 0.2) is 24.3 Å². The van der Waals surface area contributed by atoms with Crippen LogP contribution in [0.2, 0.25) is 0 Å². The summed E-state index contributed by atoms with van der Waals surface area (Å²) in [7, 11) is 0. The van der Waals surface area contributed by atoms with Crippen molar-refractivity contribution in [2.45, 2.75) is 71.0 Å². The fraction of sp³-hybridized carbons (Fsp3) is 0.565. The lowest BCUT2D eigenvalue weighted by molar-refractivity contribution is -0.133. The van der Waals surface area contributed by atoms with E-state index in [1.54, 1.807) is 12.1 Å². The molecule has 2 saturated heterocycles. The van der Waals surface area contributed by atoms with Gasteiger partial charge in [0.15, 0.2) is 0 Å². The summed E-state index contributed by atoms with van der Waals surface area (Å²) < 4.78 is 15.7. The SMILES string of the molecule is Cc1nn(CC(=O)N2C[C@@H](c3cccc(F)c3)[C@@H]3NCCCCC[C@H]32)c(C)c1C. The summed E-state index contributed by atoms with van der Waals surface area (Å²) in [6, 6.07) is 7.18. The standard InChI is InChI=1S/C23H31FN4O/c1-15-16(2)26-28(17(15)3)14-22(29)27-13-20(18-8-7-9-19(24)12-18)23-21(27)10-5-4-6-11-25-23/h7-9,12,20-21,23,25H,4-6,10-11,13-14H2,1-3H3/t20-,21+,23-/m0/s1. The van der Waals surface area contributed by atoms with Gasteiger partial charge in [-0.3, -0.25) is 9.48 Å². The summed E-state index contributed by atoms with van der Waals surface area (Å²) in [5, 5.41) is 8.24. The molecule has 1 aromatic heterocycles. The van der Waals surface area contributed by atoms with Crippen molar-refractivity contribution in [1.82, 2.24) is 20.0 Å². The molecule has 6 heteroatoms. The molecule has 4 rings (SSSR count). The number of nitrogens with zero attached hydrogens (tertiary/aromatic N) is 3. The summed E-state index contributed by atoms with van der Waals surface area (Å²) >= 11 is 0. The van der Waals surface area contributed by atoms with E-state index in [0.717, 1.165) is 48.3 Å². The molecule has 0 bridgehead atoms. The smallest absolute Gasteiger partial charge is 0.244 e. The van der Waals surface area contributed by atoms with E-state index in [-0.39, 0.29) is 36.3 Å². The molecule has 3 atom stereocenters. The van der Waals surface area contributed by atoms with Crippen LogP contribution in [0.25, 0.3) is 0 Å². The van der Waals surface area contributed by atoms with Gasteiger partial charge in [-0.15, -0.1) is 0 Å². The molecule has 1 N–H and O–H groups in total. The maximum absolute atomic E-state index is 13.9. The zero-order valence-corrected chi connectivity index (χ0v) is 17.6. The molecule has 2 aliphatic rings. The average Bonchev–Trinajstić information content (AvgIpc) is 3.14. The van der Waals surface area contributed by atoms with E-state index in [4.69, 9.17) is 0 Å². The van der Waals surface area contributed by atoms with Crippen molar-refractivity contribution >= 4 is 5.91 Å². The van der Waals surface area contributed by atoms with Gasteiger partial charge in [0.05, 0.1) is 5.69 Å². The fourth-order valence-electron chi connectivity index (χ4n) is 4.96. The summed E-state index contributed by atoms with van der Waals surface area (Å²) in [5.41, 5.74) is 4.14. The maximum Gasteiger partial charge on any atom is 0.244 e. The molecule has 29 heavy (non-hydrogen) atoms. The highest BCUT2D eigenvalue weighted by atomic mass is 19.1. The van der Waals surface area contributed by atoms with Gasteiger partial charge in [0, 0.05) is 30.2 Å². The van der Waals surface area contributed by atoms with Gasteiger partial charge in [0.2, 0.25) is 5.91 Å². The zero-order chi connectivity index (χ0) is 20.5. The van der Waals surface area contributed by atoms with Crippen LogP contribution in [0.5, 0.6) is 0 Å². The zero-order valence-electron chi connectivity index (χ0n) is 17.6. The molecule has 5 nitrogen and oxygen atoms in total. The lowest BCUT2D eigenvalue weighted by atomic mass is 9.88. The number of nitrogens with one attached hydrogen (secondary N) is 1. The fourth-order valence-corrected chi connectivity index (χ4v) is 4.96. The number of benzene rings is 1. The molecule has 0 unspecified atom stereocenters. The highest BCUT2D eigenvalue weighted by Gasteiger charge is 2.44. The molecule has 0 saturated carbocycles. The number of hydrogen-bond donors (Lipinski definition) is 1. The lowest BCUT2D eigenvalue weighted by Crippen LogP contribution is -2.47. The molecule has 2 aliphatic heterocycles. The first-order chi connectivity index (χ1) is 14.0. The minimum atomic E-state index is -0.215. The van der Waals surface area contributed by atoms with E-state index in [0.29, 0.717) is 6.54 Å². The van der Waals surface area contributed by atoms with Crippen LogP contribution in [-0.4, -0.2) is 45.8 Å². The Morgan fingerprint density at radius 1 is 1.24 bits per heavy atom. The van der Waals surface area contributed by atoms with Gasteiger partial charge < -0.3 is 10.2 Å². The Kier molecular flexibility index (Phi) is 5.72. The summed E-state index contributed by atoms with van der Waals surface area (Å²) in [6.45, 7) is 7.88. The highest BCUT2D eigenvalue weighted by molar-refractivity contribution is 5.77. The minimum absolute atomic E-state index is 0.104. The summed E-state index contributed by atoms with van der Waals surface area (Å²) in [6.07, 6.45) is 4.45. The second-order valence-electron chi connectivity index (χ2n) is 8.56. The van der Waals surface area contributed by atoms with Crippen LogP contribution >= 0.6 is 0 Å². The first-order valence-electron chi connectivity index (χ1n) is 10.7. The number of halogens is 1. The first kappa shape index (κ1) is 20.1. The number of rotatable bonds is 3. The number of fused-ring (bicyclic) bond motifs is 1. The Morgan fingerprint density at radius 3 is 2.79 bits per heavy atom. The Morgan fingerprint density at radius 2 is 2.07 bits per heavy atom. The van der Waals surface area contributed by atoms with E-state index in [1.165, 1.54) is 12.5 Å².